The average molecular weight is 363 g/mol. The van der Waals surface area contributed by atoms with E-state index < -0.39 is 5.97 Å². The highest BCUT2D eigenvalue weighted by atomic mass is 16.4. The van der Waals surface area contributed by atoms with Crippen LogP contribution < -0.4 is 4.90 Å². The Morgan fingerprint density at radius 1 is 1.04 bits per heavy atom. The van der Waals surface area contributed by atoms with Gasteiger partial charge in [0.2, 0.25) is 0 Å². The van der Waals surface area contributed by atoms with Crippen LogP contribution in [0.5, 0.6) is 0 Å². The number of rotatable bonds is 5. The number of carboxylic acid groups (broad SMARTS) is 1. The van der Waals surface area contributed by atoms with Crippen LogP contribution in [-0.4, -0.2) is 56.9 Å². The van der Waals surface area contributed by atoms with Crippen LogP contribution in [0, 0.1) is 0 Å². The molecule has 0 bridgehead atoms. The molecule has 138 valence electrons. The molecule has 0 spiro atoms. The third-order valence-corrected chi connectivity index (χ3v) is 4.80. The number of aromatic nitrogens is 3. The van der Waals surface area contributed by atoms with E-state index in [1.54, 1.807) is 18.3 Å². The lowest BCUT2D eigenvalue weighted by atomic mass is 10.1. The van der Waals surface area contributed by atoms with Crippen LogP contribution in [0.4, 0.5) is 5.82 Å². The fraction of sp³-hybridized carbons (Fsp3) is 0.250. The Kier molecular flexibility index (Phi) is 4.84. The number of piperazine rings is 1. The predicted octanol–water partition coefficient (Wildman–Crippen LogP) is 2.29. The molecule has 0 unspecified atom stereocenters. The fourth-order valence-electron chi connectivity index (χ4n) is 3.27. The van der Waals surface area contributed by atoms with Crippen molar-refractivity contribution in [3.63, 3.8) is 0 Å². The summed E-state index contributed by atoms with van der Waals surface area (Å²) in [6.45, 7) is 4.57. The maximum Gasteiger partial charge on any atom is 0.337 e. The predicted molar refractivity (Wildman–Crippen MR) is 102 cm³/mol. The summed E-state index contributed by atoms with van der Waals surface area (Å²) in [7, 11) is 0. The maximum atomic E-state index is 10.9. The normalized spacial score (nSPS) is 15.0. The van der Waals surface area contributed by atoms with E-state index in [9.17, 15) is 4.79 Å². The summed E-state index contributed by atoms with van der Waals surface area (Å²) in [5.41, 5.74) is 2.56. The first kappa shape index (κ1) is 17.2. The van der Waals surface area contributed by atoms with Gasteiger partial charge in [0, 0.05) is 51.3 Å². The molecule has 0 radical (unpaired) electrons. The first-order valence-corrected chi connectivity index (χ1v) is 8.95. The van der Waals surface area contributed by atoms with Crippen LogP contribution in [0.3, 0.4) is 0 Å². The minimum atomic E-state index is -0.947. The van der Waals surface area contributed by atoms with Gasteiger partial charge in [-0.1, -0.05) is 12.1 Å². The number of aromatic carboxylic acids is 1. The molecule has 0 saturated carbocycles. The standard InChI is InChI=1S/C20H21N5O2/c26-20(27)17-4-7-19(21-14-17)24-12-10-23(11-13-24)15-16-2-5-18(6-3-16)25-9-1-8-22-25/h1-9,14H,10-13,15H2,(H,26,27). The molecular weight excluding hydrogens is 342 g/mol. The van der Waals surface area contributed by atoms with Gasteiger partial charge in [-0.2, -0.15) is 5.10 Å². The molecule has 3 aromatic rings. The van der Waals surface area contributed by atoms with Gasteiger partial charge >= 0.3 is 5.97 Å². The minimum Gasteiger partial charge on any atom is -0.478 e. The Balaban J connectivity index is 1.32. The zero-order valence-electron chi connectivity index (χ0n) is 14.9. The summed E-state index contributed by atoms with van der Waals surface area (Å²) in [6, 6.07) is 13.8. The zero-order valence-corrected chi connectivity index (χ0v) is 14.9. The molecule has 2 aromatic heterocycles. The van der Waals surface area contributed by atoms with Crippen LogP contribution in [0.25, 0.3) is 5.69 Å². The highest BCUT2D eigenvalue weighted by molar-refractivity contribution is 5.87. The highest BCUT2D eigenvalue weighted by Gasteiger charge is 2.18. The van der Waals surface area contributed by atoms with Crippen molar-refractivity contribution >= 4 is 11.8 Å². The molecule has 0 atom stereocenters. The third kappa shape index (κ3) is 3.98. The minimum absolute atomic E-state index is 0.218. The van der Waals surface area contributed by atoms with Crippen LogP contribution in [-0.2, 0) is 6.54 Å². The van der Waals surface area contributed by atoms with E-state index in [-0.39, 0.29) is 5.56 Å². The van der Waals surface area contributed by atoms with Crippen molar-refractivity contribution < 1.29 is 9.90 Å². The van der Waals surface area contributed by atoms with E-state index in [0.717, 1.165) is 44.2 Å². The maximum absolute atomic E-state index is 10.9. The molecule has 1 N–H and O–H groups in total. The van der Waals surface area contributed by atoms with Crippen molar-refractivity contribution in [1.82, 2.24) is 19.7 Å². The summed E-state index contributed by atoms with van der Waals surface area (Å²) in [5.74, 6) is -0.110. The Hall–Kier alpha value is -3.19. The van der Waals surface area contributed by atoms with E-state index in [1.165, 1.54) is 11.8 Å². The quantitative estimate of drug-likeness (QED) is 0.750. The SMILES string of the molecule is O=C(O)c1ccc(N2CCN(Cc3ccc(-n4cccn4)cc3)CC2)nc1. The van der Waals surface area contributed by atoms with Crippen LogP contribution in [0.2, 0.25) is 0 Å². The number of carboxylic acids is 1. The van der Waals surface area contributed by atoms with Crippen molar-refractivity contribution in [2.24, 2.45) is 0 Å². The van der Waals surface area contributed by atoms with Crippen LogP contribution >= 0.6 is 0 Å². The van der Waals surface area contributed by atoms with E-state index in [2.05, 4.69) is 44.1 Å². The molecule has 1 aliphatic heterocycles. The smallest absolute Gasteiger partial charge is 0.337 e. The molecule has 1 fully saturated rings. The number of hydrogen-bond acceptors (Lipinski definition) is 5. The van der Waals surface area contributed by atoms with Gasteiger partial charge in [0.15, 0.2) is 0 Å². The number of nitrogens with zero attached hydrogens (tertiary/aromatic N) is 5. The summed E-state index contributed by atoms with van der Waals surface area (Å²) < 4.78 is 1.85. The van der Waals surface area contributed by atoms with Gasteiger partial charge in [0.05, 0.1) is 11.3 Å². The molecule has 1 aliphatic rings. The number of anilines is 1. The molecular formula is C20H21N5O2. The van der Waals surface area contributed by atoms with E-state index in [1.807, 2.05) is 16.9 Å². The van der Waals surface area contributed by atoms with Gasteiger partial charge in [0.1, 0.15) is 5.82 Å². The van der Waals surface area contributed by atoms with E-state index >= 15 is 0 Å². The summed E-state index contributed by atoms with van der Waals surface area (Å²) in [5, 5.41) is 13.2. The Bertz CT molecular complexity index is 883. The first-order chi connectivity index (χ1) is 13.2. The van der Waals surface area contributed by atoms with Gasteiger partial charge in [-0.05, 0) is 35.9 Å². The molecule has 4 rings (SSSR count). The average Bonchev–Trinajstić information content (AvgIpc) is 3.24. The molecule has 7 heteroatoms. The lowest BCUT2D eigenvalue weighted by Crippen LogP contribution is -2.46. The second kappa shape index (κ2) is 7.59. The second-order valence-corrected chi connectivity index (χ2v) is 6.59. The van der Waals surface area contributed by atoms with Gasteiger partial charge in [-0.15, -0.1) is 0 Å². The number of pyridine rings is 1. The van der Waals surface area contributed by atoms with E-state index in [4.69, 9.17) is 5.11 Å². The number of carbonyl (C=O) groups is 1. The zero-order chi connectivity index (χ0) is 18.6. The second-order valence-electron chi connectivity index (χ2n) is 6.59. The molecule has 0 aliphatic carbocycles. The Morgan fingerprint density at radius 3 is 2.41 bits per heavy atom. The lowest BCUT2D eigenvalue weighted by Gasteiger charge is -2.35. The summed E-state index contributed by atoms with van der Waals surface area (Å²) >= 11 is 0. The Labute approximate surface area is 157 Å². The van der Waals surface area contributed by atoms with Crippen LogP contribution in [0.15, 0.2) is 61.1 Å². The van der Waals surface area contributed by atoms with Crippen molar-refractivity contribution in [2.75, 3.05) is 31.1 Å². The summed E-state index contributed by atoms with van der Waals surface area (Å²) in [6.07, 6.45) is 5.13. The van der Waals surface area contributed by atoms with Crippen molar-refractivity contribution in [3.8, 4) is 5.69 Å². The molecule has 3 heterocycles. The monoisotopic (exact) mass is 363 g/mol. The van der Waals surface area contributed by atoms with Gasteiger partial charge in [-0.3, -0.25) is 4.90 Å². The van der Waals surface area contributed by atoms with Gasteiger partial charge in [-0.25, -0.2) is 14.5 Å². The Morgan fingerprint density at radius 2 is 1.81 bits per heavy atom. The van der Waals surface area contributed by atoms with Crippen molar-refractivity contribution in [3.05, 3.63) is 72.2 Å². The van der Waals surface area contributed by atoms with Crippen molar-refractivity contribution in [2.45, 2.75) is 6.54 Å². The van der Waals surface area contributed by atoms with E-state index in [0.29, 0.717) is 0 Å². The van der Waals surface area contributed by atoms with Crippen LogP contribution in [0.1, 0.15) is 15.9 Å². The third-order valence-electron chi connectivity index (χ3n) is 4.80. The largest absolute Gasteiger partial charge is 0.478 e. The summed E-state index contributed by atoms with van der Waals surface area (Å²) in [4.78, 5) is 19.8. The molecule has 27 heavy (non-hydrogen) atoms. The number of hydrogen-bond donors (Lipinski definition) is 1. The molecule has 0 amide bonds. The van der Waals surface area contributed by atoms with Gasteiger partial charge in [0.25, 0.3) is 0 Å². The molecule has 1 saturated heterocycles. The first-order valence-electron chi connectivity index (χ1n) is 8.95. The molecule has 1 aromatic carbocycles. The van der Waals surface area contributed by atoms with Gasteiger partial charge < -0.3 is 10.0 Å². The molecule has 7 nitrogen and oxygen atoms in total. The topological polar surface area (TPSA) is 74.5 Å². The number of benzene rings is 1. The highest BCUT2D eigenvalue weighted by Crippen LogP contribution is 2.16. The van der Waals surface area contributed by atoms with Crippen molar-refractivity contribution in [1.29, 1.82) is 0 Å². The fourth-order valence-corrected chi connectivity index (χ4v) is 3.27. The lowest BCUT2D eigenvalue weighted by molar-refractivity contribution is 0.0696.